The Morgan fingerprint density at radius 3 is 1.68 bits per heavy atom. The van der Waals surface area contributed by atoms with Gasteiger partial charge in [-0.15, -0.1) is 0 Å². The van der Waals surface area contributed by atoms with Crippen molar-refractivity contribution >= 4 is 9.84 Å². The molecule has 2 nitrogen and oxygen atoms in total. The Bertz CT molecular complexity index is 548. The highest BCUT2D eigenvalue weighted by molar-refractivity contribution is 7.92. The number of hydrogen-bond donors (Lipinski definition) is 0. The lowest BCUT2D eigenvalue weighted by Gasteiger charge is -2.27. The smallest absolute Gasteiger partial charge is 0.217 e. The minimum atomic E-state index is -6.71. The van der Waals surface area contributed by atoms with E-state index in [1.165, 1.54) is 0 Å². The van der Waals surface area contributed by atoms with Crippen molar-refractivity contribution in [3.05, 3.63) is 30.3 Å². The molecule has 0 spiro atoms. The average molecular weight is 309 g/mol. The first-order chi connectivity index (χ1) is 8.36. The first-order valence-electron chi connectivity index (χ1n) is 4.39. The molecule has 0 aliphatic rings. The molecule has 10 heteroatoms. The van der Waals surface area contributed by atoms with Crippen LogP contribution in [-0.2, 0) is 9.84 Å². The molecule has 1 aromatic carbocycles. The number of benzene rings is 1. The van der Waals surface area contributed by atoms with Crippen molar-refractivity contribution in [3.8, 4) is 0 Å². The minimum Gasteiger partial charge on any atom is -0.217 e. The van der Waals surface area contributed by atoms with Crippen LogP contribution in [0.15, 0.2) is 29.2 Å². The highest BCUT2D eigenvalue weighted by Gasteiger charge is 2.78. The van der Waals surface area contributed by atoms with E-state index in [2.05, 4.69) is 6.07 Å². The van der Waals surface area contributed by atoms with Gasteiger partial charge in [-0.3, -0.25) is 0 Å². The lowest BCUT2D eigenvalue weighted by Crippen LogP contribution is -2.55. The van der Waals surface area contributed by atoms with Crippen LogP contribution in [0.25, 0.3) is 0 Å². The summed E-state index contributed by atoms with van der Waals surface area (Å²) in [6, 6.07) is 4.66. The van der Waals surface area contributed by atoms with Gasteiger partial charge >= 0.3 is 17.4 Å². The lowest BCUT2D eigenvalue weighted by molar-refractivity contribution is -0.332. The van der Waals surface area contributed by atoms with E-state index >= 15 is 0 Å². The minimum absolute atomic E-state index is 0.440. The Balaban J connectivity index is 3.44. The molecule has 0 aromatic heterocycles. The summed E-state index contributed by atoms with van der Waals surface area (Å²) in [7, 11) is -6.20. The van der Waals surface area contributed by atoms with Crippen molar-refractivity contribution in [2.75, 3.05) is 0 Å². The molecule has 0 N–H and O–H groups in total. The standard InChI is InChI=1S/C9H4F7O2S/c10-7(11,8(12,13)14)9(15,16)19(17,18)6-4-2-1-3-5-6/h2-5H. The fourth-order valence-electron chi connectivity index (χ4n) is 1.03. The number of alkyl halides is 7. The summed E-state index contributed by atoms with van der Waals surface area (Å²) in [6.07, 6.45) is -6.70. The molecule has 0 fully saturated rings. The topological polar surface area (TPSA) is 34.1 Å². The summed E-state index contributed by atoms with van der Waals surface area (Å²) in [6.45, 7) is 0. The van der Waals surface area contributed by atoms with Crippen LogP contribution in [0.5, 0.6) is 0 Å². The molecule has 0 bridgehead atoms. The quantitative estimate of drug-likeness (QED) is 0.804. The normalized spacial score (nSPS) is 14.5. The van der Waals surface area contributed by atoms with Crippen LogP contribution in [0.1, 0.15) is 0 Å². The van der Waals surface area contributed by atoms with Crippen molar-refractivity contribution in [3.63, 3.8) is 0 Å². The van der Waals surface area contributed by atoms with E-state index < -0.39 is 32.1 Å². The highest BCUT2D eigenvalue weighted by atomic mass is 32.2. The monoisotopic (exact) mass is 309 g/mol. The Labute approximate surface area is 102 Å². The molecule has 1 aromatic rings. The molecular weight excluding hydrogens is 305 g/mol. The molecule has 0 heterocycles. The van der Waals surface area contributed by atoms with Crippen molar-refractivity contribution in [1.82, 2.24) is 0 Å². The summed E-state index contributed by atoms with van der Waals surface area (Å²) in [5.41, 5.74) is 0. The van der Waals surface area contributed by atoms with Gasteiger partial charge in [0.1, 0.15) is 0 Å². The van der Waals surface area contributed by atoms with E-state index in [0.29, 0.717) is 12.1 Å². The van der Waals surface area contributed by atoms with Gasteiger partial charge in [-0.05, 0) is 18.2 Å². The van der Waals surface area contributed by atoms with Crippen LogP contribution in [0, 0.1) is 6.07 Å². The van der Waals surface area contributed by atoms with Crippen molar-refractivity contribution in [2.45, 2.75) is 22.2 Å². The van der Waals surface area contributed by atoms with Gasteiger partial charge in [0.25, 0.3) is 0 Å². The van der Waals surface area contributed by atoms with E-state index in [9.17, 15) is 39.2 Å². The third-order valence-corrected chi connectivity index (χ3v) is 3.88. The van der Waals surface area contributed by atoms with Gasteiger partial charge in [0.15, 0.2) is 0 Å². The fourth-order valence-corrected chi connectivity index (χ4v) is 2.28. The molecule has 0 unspecified atom stereocenters. The van der Waals surface area contributed by atoms with Gasteiger partial charge < -0.3 is 0 Å². The summed E-state index contributed by atoms with van der Waals surface area (Å²) < 4.78 is 109. The summed E-state index contributed by atoms with van der Waals surface area (Å²) >= 11 is 0. The van der Waals surface area contributed by atoms with E-state index in [1.807, 2.05) is 0 Å². The van der Waals surface area contributed by atoms with Gasteiger partial charge in [0, 0.05) is 0 Å². The first kappa shape index (κ1) is 15.7. The van der Waals surface area contributed by atoms with Crippen molar-refractivity contribution in [1.29, 1.82) is 0 Å². The number of rotatable bonds is 3. The summed E-state index contributed by atoms with van der Waals surface area (Å²) in [4.78, 5) is -1.36. The second kappa shape index (κ2) is 4.36. The van der Waals surface area contributed by atoms with Crippen molar-refractivity contribution in [2.24, 2.45) is 0 Å². The highest BCUT2D eigenvalue weighted by Crippen LogP contribution is 2.50. The molecule has 0 amide bonds. The number of halogens is 7. The molecule has 0 saturated carbocycles. The molecule has 19 heavy (non-hydrogen) atoms. The maximum Gasteiger partial charge on any atom is 0.461 e. The zero-order valence-corrected chi connectivity index (χ0v) is 9.50. The third kappa shape index (κ3) is 2.28. The predicted molar refractivity (Wildman–Crippen MR) is 48.4 cm³/mol. The Morgan fingerprint density at radius 2 is 1.32 bits per heavy atom. The Kier molecular flexibility index (Phi) is 3.61. The summed E-state index contributed by atoms with van der Waals surface area (Å²) in [5.74, 6) is -6.71. The van der Waals surface area contributed by atoms with Crippen LogP contribution in [0.2, 0.25) is 0 Å². The van der Waals surface area contributed by atoms with Crippen LogP contribution in [0.3, 0.4) is 0 Å². The van der Waals surface area contributed by atoms with Gasteiger partial charge in [0.2, 0.25) is 9.84 Å². The fraction of sp³-hybridized carbons (Fsp3) is 0.333. The van der Waals surface area contributed by atoms with E-state index in [-0.39, 0.29) is 0 Å². The molecule has 1 radical (unpaired) electrons. The molecule has 107 valence electrons. The average Bonchev–Trinajstić information content (AvgIpc) is 2.28. The summed E-state index contributed by atoms with van der Waals surface area (Å²) in [5, 5.41) is -6.32. The van der Waals surface area contributed by atoms with Gasteiger partial charge in [-0.2, -0.15) is 30.7 Å². The lowest BCUT2D eigenvalue weighted by atomic mass is 10.3. The second-order valence-corrected chi connectivity index (χ2v) is 5.32. The van der Waals surface area contributed by atoms with Gasteiger partial charge in [-0.25, -0.2) is 8.42 Å². The van der Waals surface area contributed by atoms with E-state index in [4.69, 9.17) is 0 Å². The Morgan fingerprint density at radius 1 is 0.895 bits per heavy atom. The van der Waals surface area contributed by atoms with Crippen LogP contribution in [0.4, 0.5) is 30.7 Å². The largest absolute Gasteiger partial charge is 0.461 e. The van der Waals surface area contributed by atoms with E-state index in [1.54, 1.807) is 0 Å². The zero-order valence-electron chi connectivity index (χ0n) is 8.68. The maximum atomic E-state index is 13.1. The zero-order chi connectivity index (χ0) is 15.1. The number of sulfone groups is 1. The SMILES string of the molecule is O=S(=O)(c1cc[c]cc1)C(F)(F)C(F)(F)C(F)(F)F. The van der Waals surface area contributed by atoms with Gasteiger partial charge in [-0.1, -0.05) is 12.1 Å². The molecular formula is C9H4F7O2S. The third-order valence-electron chi connectivity index (χ3n) is 2.06. The molecule has 1 rings (SSSR count). The predicted octanol–water partition coefficient (Wildman–Crippen LogP) is 3.05. The molecule has 0 aliphatic carbocycles. The van der Waals surface area contributed by atoms with Crippen LogP contribution in [-0.4, -0.2) is 25.8 Å². The molecule has 0 saturated heterocycles. The van der Waals surface area contributed by atoms with Crippen molar-refractivity contribution < 1.29 is 39.2 Å². The van der Waals surface area contributed by atoms with Crippen LogP contribution < -0.4 is 0 Å². The van der Waals surface area contributed by atoms with Crippen LogP contribution >= 0.6 is 0 Å². The maximum absolute atomic E-state index is 13.1. The number of hydrogen-bond acceptors (Lipinski definition) is 2. The van der Waals surface area contributed by atoms with Gasteiger partial charge in [0.05, 0.1) is 4.90 Å². The van der Waals surface area contributed by atoms with E-state index in [0.717, 1.165) is 12.1 Å². The molecule has 0 atom stereocenters. The Hall–Kier alpha value is -1.32. The first-order valence-corrected chi connectivity index (χ1v) is 5.87. The molecule has 0 aliphatic heterocycles. The second-order valence-electron chi connectivity index (χ2n) is 3.33.